The fourth-order valence-corrected chi connectivity index (χ4v) is 1.96. The zero-order valence-electron chi connectivity index (χ0n) is 10.4. The maximum Gasteiger partial charge on any atom is 0.157 e. The van der Waals surface area contributed by atoms with Gasteiger partial charge in [0.15, 0.2) is 5.75 Å². The standard InChI is InChI=1S/C13H11Cl5O2/c1-8(14)2-4-20-13-10(15)6-9(7-11(13)16)19-5-3-12(17)18/h2-3,6-7H,4-5H2,1H3. The van der Waals surface area contributed by atoms with Crippen molar-refractivity contribution in [3.05, 3.63) is 43.9 Å². The van der Waals surface area contributed by atoms with E-state index in [1.165, 1.54) is 6.08 Å². The van der Waals surface area contributed by atoms with Gasteiger partial charge in [0.05, 0.1) is 10.0 Å². The van der Waals surface area contributed by atoms with Gasteiger partial charge in [-0.2, -0.15) is 0 Å². The lowest BCUT2D eigenvalue weighted by atomic mass is 10.3. The molecule has 0 aliphatic carbocycles. The van der Waals surface area contributed by atoms with Crippen LogP contribution >= 0.6 is 58.0 Å². The van der Waals surface area contributed by atoms with E-state index in [1.54, 1.807) is 25.1 Å². The first-order chi connectivity index (χ1) is 9.40. The third-order valence-electron chi connectivity index (χ3n) is 2.05. The van der Waals surface area contributed by atoms with Crippen LogP contribution in [-0.2, 0) is 0 Å². The van der Waals surface area contributed by atoms with E-state index in [-0.39, 0.29) is 17.7 Å². The fraction of sp³-hybridized carbons (Fsp3) is 0.231. The molecule has 0 unspecified atom stereocenters. The molecule has 0 saturated carbocycles. The Hall–Kier alpha value is -0.250. The van der Waals surface area contributed by atoms with Crippen molar-refractivity contribution >= 4 is 58.0 Å². The number of ether oxygens (including phenoxy) is 2. The molecule has 0 aromatic heterocycles. The van der Waals surface area contributed by atoms with Crippen LogP contribution in [0.15, 0.2) is 33.8 Å². The summed E-state index contributed by atoms with van der Waals surface area (Å²) in [7, 11) is 0. The summed E-state index contributed by atoms with van der Waals surface area (Å²) < 4.78 is 10.9. The van der Waals surface area contributed by atoms with E-state index in [0.29, 0.717) is 26.6 Å². The molecule has 0 bridgehead atoms. The molecule has 1 rings (SSSR count). The van der Waals surface area contributed by atoms with E-state index >= 15 is 0 Å². The Bertz CT molecular complexity index is 494. The molecule has 0 aliphatic heterocycles. The normalized spacial score (nSPS) is 11.2. The van der Waals surface area contributed by atoms with Crippen LogP contribution in [0, 0.1) is 0 Å². The van der Waals surface area contributed by atoms with Crippen molar-refractivity contribution in [2.24, 2.45) is 0 Å². The molecule has 1 aromatic rings. The van der Waals surface area contributed by atoms with Crippen LogP contribution in [0.1, 0.15) is 6.92 Å². The lowest BCUT2D eigenvalue weighted by Gasteiger charge is -2.11. The van der Waals surface area contributed by atoms with E-state index in [4.69, 9.17) is 67.5 Å². The number of benzene rings is 1. The van der Waals surface area contributed by atoms with E-state index in [9.17, 15) is 0 Å². The Morgan fingerprint density at radius 3 is 2.05 bits per heavy atom. The molecule has 0 spiro atoms. The molecular formula is C13H11Cl5O2. The second-order valence-corrected chi connectivity index (χ2v) is 6.04. The van der Waals surface area contributed by atoms with Crippen LogP contribution in [0.25, 0.3) is 0 Å². The van der Waals surface area contributed by atoms with Gasteiger partial charge in [0.2, 0.25) is 0 Å². The van der Waals surface area contributed by atoms with Gasteiger partial charge in [-0.15, -0.1) is 0 Å². The summed E-state index contributed by atoms with van der Waals surface area (Å²) in [5.41, 5.74) is 0. The van der Waals surface area contributed by atoms with Crippen LogP contribution in [0.5, 0.6) is 11.5 Å². The Balaban J connectivity index is 2.75. The van der Waals surface area contributed by atoms with Crippen LogP contribution in [0.3, 0.4) is 0 Å². The maximum absolute atomic E-state index is 6.08. The summed E-state index contributed by atoms with van der Waals surface area (Å²) in [4.78, 5) is 0. The first-order valence-electron chi connectivity index (χ1n) is 5.48. The molecule has 2 nitrogen and oxygen atoms in total. The molecule has 0 atom stereocenters. The van der Waals surface area contributed by atoms with Gasteiger partial charge >= 0.3 is 0 Å². The Morgan fingerprint density at radius 2 is 1.55 bits per heavy atom. The first kappa shape index (κ1) is 17.8. The Labute approximate surface area is 142 Å². The molecule has 7 heteroatoms. The summed E-state index contributed by atoms with van der Waals surface area (Å²) in [6.45, 7) is 2.24. The molecule has 1 aromatic carbocycles. The van der Waals surface area contributed by atoms with Gasteiger partial charge in [0.25, 0.3) is 0 Å². The van der Waals surface area contributed by atoms with E-state index in [0.717, 1.165) is 0 Å². The highest BCUT2D eigenvalue weighted by molar-refractivity contribution is 6.55. The van der Waals surface area contributed by atoms with Crippen molar-refractivity contribution in [1.82, 2.24) is 0 Å². The van der Waals surface area contributed by atoms with E-state index in [1.807, 2.05) is 0 Å². The highest BCUT2D eigenvalue weighted by Gasteiger charge is 2.10. The van der Waals surface area contributed by atoms with Gasteiger partial charge in [-0.05, 0) is 19.1 Å². The fourth-order valence-electron chi connectivity index (χ4n) is 1.20. The number of halogens is 5. The smallest absolute Gasteiger partial charge is 0.157 e. The molecule has 0 saturated heterocycles. The number of hydrogen-bond acceptors (Lipinski definition) is 2. The van der Waals surface area contributed by atoms with Crippen LogP contribution < -0.4 is 9.47 Å². The predicted octanol–water partition coefficient (Wildman–Crippen LogP) is 6.21. The second-order valence-electron chi connectivity index (χ2n) is 3.62. The van der Waals surface area contributed by atoms with Crippen LogP contribution in [0.2, 0.25) is 10.0 Å². The molecule has 0 amide bonds. The third kappa shape index (κ3) is 6.47. The van der Waals surface area contributed by atoms with E-state index < -0.39 is 0 Å². The SMILES string of the molecule is CC(Cl)=CCOc1c(Cl)cc(OCC=C(Cl)Cl)cc1Cl. The molecular weight excluding hydrogens is 365 g/mol. The zero-order chi connectivity index (χ0) is 15.1. The van der Waals surface area contributed by atoms with Gasteiger partial charge in [-0.25, -0.2) is 0 Å². The average molecular weight is 376 g/mol. The second kappa shape index (κ2) is 8.91. The quantitative estimate of drug-likeness (QED) is 0.587. The minimum absolute atomic E-state index is 0.130. The highest BCUT2D eigenvalue weighted by atomic mass is 35.5. The summed E-state index contributed by atoms with van der Waals surface area (Å²) >= 11 is 28.8. The van der Waals surface area contributed by atoms with Gasteiger partial charge < -0.3 is 9.47 Å². The number of rotatable bonds is 6. The van der Waals surface area contributed by atoms with Crippen molar-refractivity contribution in [3.63, 3.8) is 0 Å². The summed E-state index contributed by atoms with van der Waals surface area (Å²) in [5.74, 6) is 0.864. The van der Waals surface area contributed by atoms with Crippen molar-refractivity contribution in [2.45, 2.75) is 6.92 Å². The first-order valence-corrected chi connectivity index (χ1v) is 7.37. The van der Waals surface area contributed by atoms with Gasteiger partial charge in [-0.3, -0.25) is 0 Å². The van der Waals surface area contributed by atoms with Gasteiger partial charge in [-0.1, -0.05) is 58.0 Å². The van der Waals surface area contributed by atoms with Gasteiger partial charge in [0, 0.05) is 17.2 Å². The monoisotopic (exact) mass is 374 g/mol. The molecule has 20 heavy (non-hydrogen) atoms. The summed E-state index contributed by atoms with van der Waals surface area (Å²) in [5, 5.41) is 1.31. The molecule has 0 aliphatic rings. The lowest BCUT2D eigenvalue weighted by molar-refractivity contribution is 0.353. The van der Waals surface area contributed by atoms with Crippen LogP contribution in [0.4, 0.5) is 0 Å². The number of allylic oxidation sites excluding steroid dienone is 1. The van der Waals surface area contributed by atoms with Gasteiger partial charge in [0.1, 0.15) is 23.5 Å². The molecule has 110 valence electrons. The lowest BCUT2D eigenvalue weighted by Crippen LogP contribution is -1.98. The maximum atomic E-state index is 6.08. The number of hydrogen-bond donors (Lipinski definition) is 0. The largest absolute Gasteiger partial charge is 0.489 e. The Kier molecular flexibility index (Phi) is 7.93. The highest BCUT2D eigenvalue weighted by Crippen LogP contribution is 2.37. The molecule has 0 fully saturated rings. The zero-order valence-corrected chi connectivity index (χ0v) is 14.2. The summed E-state index contributed by atoms with van der Waals surface area (Å²) in [6, 6.07) is 3.19. The van der Waals surface area contributed by atoms with Crippen molar-refractivity contribution < 1.29 is 9.47 Å². The topological polar surface area (TPSA) is 18.5 Å². The molecule has 0 radical (unpaired) electrons. The third-order valence-corrected chi connectivity index (χ3v) is 3.08. The average Bonchev–Trinajstić information content (AvgIpc) is 2.32. The summed E-state index contributed by atoms with van der Waals surface area (Å²) in [6.07, 6.45) is 3.20. The predicted molar refractivity (Wildman–Crippen MR) is 86.9 cm³/mol. The van der Waals surface area contributed by atoms with E-state index in [2.05, 4.69) is 0 Å². The molecule has 0 heterocycles. The minimum atomic E-state index is 0.130. The van der Waals surface area contributed by atoms with Crippen molar-refractivity contribution in [3.8, 4) is 11.5 Å². The van der Waals surface area contributed by atoms with Crippen molar-refractivity contribution in [2.75, 3.05) is 13.2 Å². The molecule has 0 N–H and O–H groups in total. The van der Waals surface area contributed by atoms with Crippen LogP contribution in [-0.4, -0.2) is 13.2 Å². The Morgan fingerprint density at radius 1 is 1.00 bits per heavy atom. The minimum Gasteiger partial charge on any atom is -0.489 e. The van der Waals surface area contributed by atoms with Crippen molar-refractivity contribution in [1.29, 1.82) is 0 Å².